The minimum absolute atomic E-state index is 0.0231. The largest absolute Gasteiger partial charge is 0.489 e. The van der Waals surface area contributed by atoms with E-state index < -0.39 is 6.10 Å². The maximum atomic E-state index is 11.3. The summed E-state index contributed by atoms with van der Waals surface area (Å²) in [6.07, 6.45) is 5.60. The summed E-state index contributed by atoms with van der Waals surface area (Å²) in [5.41, 5.74) is 2.23. The summed E-state index contributed by atoms with van der Waals surface area (Å²) in [6, 6.07) is 6.10. The molecule has 2 aliphatic rings. The summed E-state index contributed by atoms with van der Waals surface area (Å²) in [7, 11) is 1.40. The number of benzene rings is 1. The van der Waals surface area contributed by atoms with Crippen molar-refractivity contribution in [3.8, 4) is 5.75 Å². The highest BCUT2D eigenvalue weighted by molar-refractivity contribution is 5.69. The molecule has 130 valence electrons. The number of esters is 1. The molecule has 1 aliphatic heterocycles. The molecule has 5 heteroatoms. The highest BCUT2D eigenvalue weighted by Gasteiger charge is 2.48. The van der Waals surface area contributed by atoms with Crippen LogP contribution in [0.4, 0.5) is 0 Å². The van der Waals surface area contributed by atoms with Gasteiger partial charge in [-0.3, -0.25) is 4.79 Å². The topological polar surface area (TPSA) is 76.0 Å². The second-order valence-corrected chi connectivity index (χ2v) is 6.44. The number of hydrogen-bond acceptors (Lipinski definition) is 5. The summed E-state index contributed by atoms with van der Waals surface area (Å²) in [4.78, 5) is 11.3. The molecular formula is C19H24O5. The van der Waals surface area contributed by atoms with Crippen molar-refractivity contribution in [1.29, 1.82) is 0 Å². The normalized spacial score (nSPS) is 27.8. The van der Waals surface area contributed by atoms with Crippen LogP contribution in [0, 0.1) is 5.92 Å². The number of aliphatic hydroxyl groups is 2. The van der Waals surface area contributed by atoms with Gasteiger partial charge < -0.3 is 19.7 Å². The van der Waals surface area contributed by atoms with Gasteiger partial charge in [-0.25, -0.2) is 0 Å². The molecule has 1 aromatic rings. The van der Waals surface area contributed by atoms with Gasteiger partial charge in [0.25, 0.3) is 0 Å². The minimum atomic E-state index is -0.445. The zero-order chi connectivity index (χ0) is 17.1. The quantitative estimate of drug-likeness (QED) is 0.615. The third kappa shape index (κ3) is 3.19. The van der Waals surface area contributed by atoms with Crippen LogP contribution in [0.15, 0.2) is 30.4 Å². The number of hydrogen-bond donors (Lipinski definition) is 2. The van der Waals surface area contributed by atoms with Gasteiger partial charge >= 0.3 is 5.97 Å². The van der Waals surface area contributed by atoms with E-state index in [0.717, 1.165) is 29.7 Å². The van der Waals surface area contributed by atoms with Gasteiger partial charge in [-0.1, -0.05) is 30.4 Å². The van der Waals surface area contributed by atoms with E-state index in [-0.39, 0.29) is 30.5 Å². The number of methoxy groups -OCH3 is 1. The van der Waals surface area contributed by atoms with Crippen molar-refractivity contribution in [2.45, 2.75) is 43.8 Å². The van der Waals surface area contributed by atoms with Gasteiger partial charge in [-0.15, -0.1) is 0 Å². The molecule has 3 rings (SSSR count). The summed E-state index contributed by atoms with van der Waals surface area (Å²) >= 11 is 0. The van der Waals surface area contributed by atoms with Gasteiger partial charge in [0.15, 0.2) is 0 Å². The SMILES string of the molecule is COC(=O)CCCc1cccc2c1O[C@H]1C[C@@H](O)[C@H](C=CCO)[C@@H]21. The van der Waals surface area contributed by atoms with Crippen LogP contribution in [-0.2, 0) is 16.0 Å². The molecule has 1 heterocycles. The van der Waals surface area contributed by atoms with E-state index in [0.29, 0.717) is 12.8 Å². The maximum absolute atomic E-state index is 11.3. The third-order valence-corrected chi connectivity index (χ3v) is 5.01. The van der Waals surface area contributed by atoms with E-state index in [1.807, 2.05) is 18.2 Å². The maximum Gasteiger partial charge on any atom is 0.305 e. The summed E-state index contributed by atoms with van der Waals surface area (Å²) in [6.45, 7) is -0.0259. The van der Waals surface area contributed by atoms with Crippen LogP contribution >= 0.6 is 0 Å². The number of carbonyl (C=O) groups is 1. The van der Waals surface area contributed by atoms with Crippen molar-refractivity contribution >= 4 is 5.97 Å². The zero-order valence-corrected chi connectivity index (χ0v) is 13.9. The van der Waals surface area contributed by atoms with Crippen LogP contribution in [0.25, 0.3) is 0 Å². The van der Waals surface area contributed by atoms with Crippen molar-refractivity contribution in [2.24, 2.45) is 5.92 Å². The Morgan fingerprint density at radius 2 is 2.29 bits per heavy atom. The lowest BCUT2D eigenvalue weighted by molar-refractivity contribution is -0.140. The van der Waals surface area contributed by atoms with Crippen LogP contribution < -0.4 is 4.74 Å². The molecule has 24 heavy (non-hydrogen) atoms. The number of aryl methyl sites for hydroxylation is 1. The molecule has 5 nitrogen and oxygen atoms in total. The molecule has 0 unspecified atom stereocenters. The second-order valence-electron chi connectivity index (χ2n) is 6.44. The molecule has 1 fully saturated rings. The Labute approximate surface area is 141 Å². The summed E-state index contributed by atoms with van der Waals surface area (Å²) in [5, 5.41) is 19.3. The van der Waals surface area contributed by atoms with Crippen LogP contribution in [0.5, 0.6) is 5.75 Å². The van der Waals surface area contributed by atoms with Gasteiger partial charge in [-0.05, 0) is 18.4 Å². The van der Waals surface area contributed by atoms with Gasteiger partial charge in [0.1, 0.15) is 11.9 Å². The van der Waals surface area contributed by atoms with E-state index in [4.69, 9.17) is 9.84 Å². The Hall–Kier alpha value is -1.85. The highest BCUT2D eigenvalue weighted by Crippen LogP contribution is 2.51. The van der Waals surface area contributed by atoms with Crippen LogP contribution in [0.1, 0.15) is 36.3 Å². The summed E-state index contributed by atoms with van der Waals surface area (Å²) in [5.74, 6) is 0.802. The monoisotopic (exact) mass is 332 g/mol. The first-order valence-electron chi connectivity index (χ1n) is 8.46. The van der Waals surface area contributed by atoms with Crippen molar-refractivity contribution < 1.29 is 24.5 Å². The van der Waals surface area contributed by atoms with E-state index in [2.05, 4.69) is 10.8 Å². The van der Waals surface area contributed by atoms with E-state index in [1.165, 1.54) is 7.11 Å². The van der Waals surface area contributed by atoms with E-state index in [9.17, 15) is 9.90 Å². The molecule has 0 amide bonds. The number of rotatable bonds is 6. The minimum Gasteiger partial charge on any atom is -0.489 e. The van der Waals surface area contributed by atoms with Gasteiger partial charge in [0.2, 0.25) is 0 Å². The number of ether oxygens (including phenoxy) is 2. The van der Waals surface area contributed by atoms with E-state index >= 15 is 0 Å². The smallest absolute Gasteiger partial charge is 0.305 e. The number of carbonyl (C=O) groups excluding carboxylic acids is 1. The van der Waals surface area contributed by atoms with Crippen LogP contribution in [0.2, 0.25) is 0 Å². The molecule has 0 spiro atoms. The predicted molar refractivity (Wildman–Crippen MR) is 88.9 cm³/mol. The van der Waals surface area contributed by atoms with Gasteiger partial charge in [0, 0.05) is 30.2 Å². The van der Waals surface area contributed by atoms with Crippen molar-refractivity contribution in [1.82, 2.24) is 0 Å². The lowest BCUT2D eigenvalue weighted by Crippen LogP contribution is -2.16. The average molecular weight is 332 g/mol. The highest BCUT2D eigenvalue weighted by atomic mass is 16.5. The molecule has 2 N–H and O–H groups in total. The van der Waals surface area contributed by atoms with Crippen LogP contribution in [-0.4, -0.2) is 42.1 Å². The van der Waals surface area contributed by atoms with Crippen molar-refractivity contribution in [3.63, 3.8) is 0 Å². The van der Waals surface area contributed by atoms with E-state index in [1.54, 1.807) is 6.08 Å². The first-order chi connectivity index (χ1) is 11.7. The lowest BCUT2D eigenvalue weighted by Gasteiger charge is -2.17. The number of fused-ring (bicyclic) bond motifs is 3. The standard InChI is InChI=1S/C19H24O5/c1-23-17(22)9-3-6-12-5-2-7-14-18-13(8-4-10-20)15(21)11-16(18)24-19(12)14/h2,4-5,7-8,13,15-16,18,20-21H,3,6,9-11H2,1H3/t13-,15+,16-,18-/m0/s1. The molecule has 0 bridgehead atoms. The first-order valence-corrected chi connectivity index (χ1v) is 8.46. The molecule has 1 aromatic carbocycles. The molecule has 1 saturated carbocycles. The first kappa shape index (κ1) is 17.0. The van der Waals surface area contributed by atoms with Gasteiger partial charge in [0.05, 0.1) is 19.8 Å². The Morgan fingerprint density at radius 1 is 1.46 bits per heavy atom. The Balaban J connectivity index is 1.78. The third-order valence-electron chi connectivity index (χ3n) is 5.01. The van der Waals surface area contributed by atoms with Gasteiger partial charge in [-0.2, -0.15) is 0 Å². The zero-order valence-electron chi connectivity index (χ0n) is 13.9. The fourth-order valence-corrected chi connectivity index (χ4v) is 3.91. The molecule has 0 radical (unpaired) electrons. The van der Waals surface area contributed by atoms with Crippen LogP contribution in [0.3, 0.4) is 0 Å². The fourth-order valence-electron chi connectivity index (χ4n) is 3.91. The Bertz CT molecular complexity index is 624. The van der Waals surface area contributed by atoms with Crippen molar-refractivity contribution in [2.75, 3.05) is 13.7 Å². The lowest BCUT2D eigenvalue weighted by atomic mass is 9.86. The molecule has 4 atom stereocenters. The Morgan fingerprint density at radius 3 is 3.04 bits per heavy atom. The predicted octanol–water partition coefficient (Wildman–Crippen LogP) is 1.96. The molecular weight excluding hydrogens is 308 g/mol. The van der Waals surface area contributed by atoms with Crippen molar-refractivity contribution in [3.05, 3.63) is 41.5 Å². The number of aliphatic hydroxyl groups excluding tert-OH is 2. The second kappa shape index (κ2) is 7.36. The molecule has 0 saturated heterocycles. The fraction of sp³-hybridized carbons (Fsp3) is 0.526. The molecule has 0 aromatic heterocycles. The summed E-state index contributed by atoms with van der Waals surface area (Å²) < 4.78 is 10.8. The number of para-hydroxylation sites is 1. The average Bonchev–Trinajstić information content (AvgIpc) is 3.08. The Kier molecular flexibility index (Phi) is 5.21. The molecule has 1 aliphatic carbocycles.